The van der Waals surface area contributed by atoms with E-state index in [1.165, 1.54) is 0 Å². The number of hydrogen-bond acceptors (Lipinski definition) is 5. The first-order valence-corrected chi connectivity index (χ1v) is 8.69. The molecule has 1 atom stereocenters. The van der Waals surface area contributed by atoms with Crippen molar-refractivity contribution in [2.24, 2.45) is 0 Å². The molecule has 4 rings (SSSR count). The van der Waals surface area contributed by atoms with Crippen molar-refractivity contribution in [3.63, 3.8) is 0 Å². The average Bonchev–Trinajstić information content (AvgIpc) is 3.25. The van der Waals surface area contributed by atoms with Gasteiger partial charge in [-0.25, -0.2) is 0 Å². The van der Waals surface area contributed by atoms with E-state index in [2.05, 4.69) is 16.4 Å². The number of amides is 1. The van der Waals surface area contributed by atoms with Crippen LogP contribution in [-0.2, 0) is 6.54 Å². The van der Waals surface area contributed by atoms with Crippen LogP contribution in [0.2, 0.25) is 0 Å². The smallest absolute Gasteiger partial charge is 0.258 e. The van der Waals surface area contributed by atoms with E-state index in [4.69, 9.17) is 5.26 Å². The minimum atomic E-state index is -0.335. The highest BCUT2D eigenvalue weighted by atomic mass is 32.1. The molecule has 0 aliphatic carbocycles. The number of anilines is 1. The Kier molecular flexibility index (Phi) is 3.92. The number of hydrogen-bond donors (Lipinski definition) is 1. The number of nitrogens with zero attached hydrogens (tertiary/aromatic N) is 3. The lowest BCUT2D eigenvalue weighted by Gasteiger charge is -2.26. The molecular weight excluding hydrogens is 332 g/mol. The van der Waals surface area contributed by atoms with Gasteiger partial charge in [-0.2, -0.15) is 5.26 Å². The van der Waals surface area contributed by atoms with Gasteiger partial charge in [0, 0.05) is 16.8 Å². The second-order valence-corrected chi connectivity index (χ2v) is 6.72. The third-order valence-corrected chi connectivity index (χ3v) is 4.99. The van der Waals surface area contributed by atoms with Gasteiger partial charge >= 0.3 is 0 Å². The number of carbonyl (C=O) groups is 1. The molecule has 0 spiro atoms. The largest absolute Gasteiger partial charge is 0.360 e. The average molecular weight is 346 g/mol. The van der Waals surface area contributed by atoms with Gasteiger partial charge in [-0.3, -0.25) is 9.78 Å². The first kappa shape index (κ1) is 15.4. The number of fused-ring (bicyclic) bond motifs is 1. The van der Waals surface area contributed by atoms with Gasteiger partial charge in [0.15, 0.2) is 0 Å². The molecule has 0 radical (unpaired) electrons. The lowest BCUT2D eigenvalue weighted by Crippen LogP contribution is -2.31. The minimum Gasteiger partial charge on any atom is -0.360 e. The van der Waals surface area contributed by atoms with E-state index < -0.39 is 0 Å². The predicted octanol–water partition coefficient (Wildman–Crippen LogP) is 3.78. The third kappa shape index (κ3) is 2.86. The van der Waals surface area contributed by atoms with Crippen molar-refractivity contribution in [3.05, 3.63) is 81.8 Å². The molecule has 1 aliphatic heterocycles. The van der Waals surface area contributed by atoms with E-state index in [-0.39, 0.29) is 12.1 Å². The highest BCUT2D eigenvalue weighted by Crippen LogP contribution is 2.34. The molecular formula is C19H14N4OS. The number of nitriles is 1. The molecule has 5 nitrogen and oxygen atoms in total. The lowest BCUT2D eigenvalue weighted by atomic mass is 10.2. The standard InChI is InChI=1S/C19H14N4OS/c20-11-13-5-7-14(8-6-13)22-18-17-16(4-1-9-21-17)19(24)23(18)12-15-3-2-10-25-15/h1-10,18,22H,12H2/t18-/m1/s1. The second-order valence-electron chi connectivity index (χ2n) is 5.68. The van der Waals surface area contributed by atoms with Crippen LogP contribution in [0.1, 0.15) is 32.7 Å². The Hall–Kier alpha value is -3.17. The van der Waals surface area contributed by atoms with Gasteiger partial charge in [0.1, 0.15) is 6.17 Å². The van der Waals surface area contributed by atoms with Crippen LogP contribution in [0, 0.1) is 11.3 Å². The maximum Gasteiger partial charge on any atom is 0.258 e. The second kappa shape index (κ2) is 6.38. The number of pyridine rings is 1. The van der Waals surface area contributed by atoms with Crippen molar-refractivity contribution in [3.8, 4) is 6.07 Å². The van der Waals surface area contributed by atoms with Gasteiger partial charge < -0.3 is 10.2 Å². The molecule has 3 heterocycles. The molecule has 1 amide bonds. The zero-order valence-corrected chi connectivity index (χ0v) is 14.0. The van der Waals surface area contributed by atoms with E-state index in [1.807, 2.05) is 35.7 Å². The van der Waals surface area contributed by atoms with Gasteiger partial charge in [-0.1, -0.05) is 6.07 Å². The normalized spacial score (nSPS) is 15.7. The number of nitrogens with one attached hydrogen (secondary N) is 1. The Morgan fingerprint density at radius 3 is 2.76 bits per heavy atom. The number of thiophene rings is 1. The van der Waals surface area contributed by atoms with E-state index in [9.17, 15) is 4.79 Å². The van der Waals surface area contributed by atoms with Crippen molar-refractivity contribution >= 4 is 22.9 Å². The molecule has 2 aromatic heterocycles. The quantitative estimate of drug-likeness (QED) is 0.780. The molecule has 1 aliphatic rings. The molecule has 6 heteroatoms. The Morgan fingerprint density at radius 2 is 2.04 bits per heavy atom. The fraction of sp³-hybridized carbons (Fsp3) is 0.105. The van der Waals surface area contributed by atoms with Crippen molar-refractivity contribution in [2.45, 2.75) is 12.7 Å². The molecule has 122 valence electrons. The molecule has 0 saturated heterocycles. The molecule has 25 heavy (non-hydrogen) atoms. The molecule has 0 bridgehead atoms. The Morgan fingerprint density at radius 1 is 1.20 bits per heavy atom. The first-order chi connectivity index (χ1) is 12.3. The number of benzene rings is 1. The summed E-state index contributed by atoms with van der Waals surface area (Å²) in [4.78, 5) is 20.2. The Balaban J connectivity index is 1.67. The molecule has 0 saturated carbocycles. The summed E-state index contributed by atoms with van der Waals surface area (Å²) >= 11 is 1.63. The zero-order valence-electron chi connectivity index (χ0n) is 13.2. The summed E-state index contributed by atoms with van der Waals surface area (Å²) in [5.74, 6) is -0.0253. The van der Waals surface area contributed by atoms with Gasteiger partial charge in [-0.15, -0.1) is 11.3 Å². The summed E-state index contributed by atoms with van der Waals surface area (Å²) in [5, 5.41) is 14.3. The van der Waals surface area contributed by atoms with Crippen LogP contribution in [-0.4, -0.2) is 15.8 Å². The monoisotopic (exact) mass is 346 g/mol. The summed E-state index contributed by atoms with van der Waals surface area (Å²) in [6.45, 7) is 0.529. The van der Waals surface area contributed by atoms with Gasteiger partial charge in [0.2, 0.25) is 0 Å². The van der Waals surface area contributed by atoms with Crippen molar-refractivity contribution in [1.29, 1.82) is 5.26 Å². The topological polar surface area (TPSA) is 69.0 Å². The van der Waals surface area contributed by atoms with Crippen molar-refractivity contribution < 1.29 is 4.79 Å². The maximum absolute atomic E-state index is 12.8. The Labute approximate surface area is 149 Å². The third-order valence-electron chi connectivity index (χ3n) is 4.12. The van der Waals surface area contributed by atoms with E-state index in [0.717, 1.165) is 16.3 Å². The van der Waals surface area contributed by atoms with Crippen LogP contribution in [0.3, 0.4) is 0 Å². The van der Waals surface area contributed by atoms with Crippen LogP contribution in [0.4, 0.5) is 5.69 Å². The molecule has 0 fully saturated rings. The summed E-state index contributed by atoms with van der Waals surface area (Å²) in [7, 11) is 0. The fourth-order valence-corrected chi connectivity index (χ4v) is 3.62. The highest BCUT2D eigenvalue weighted by molar-refractivity contribution is 7.09. The van der Waals surface area contributed by atoms with E-state index in [1.54, 1.807) is 40.6 Å². The number of rotatable bonds is 4. The van der Waals surface area contributed by atoms with Crippen LogP contribution < -0.4 is 5.32 Å². The van der Waals surface area contributed by atoms with Crippen molar-refractivity contribution in [2.75, 3.05) is 5.32 Å². The van der Waals surface area contributed by atoms with Crippen molar-refractivity contribution in [1.82, 2.24) is 9.88 Å². The number of carbonyl (C=O) groups excluding carboxylic acids is 1. The maximum atomic E-state index is 12.8. The summed E-state index contributed by atoms with van der Waals surface area (Å²) in [6.07, 6.45) is 1.37. The highest BCUT2D eigenvalue weighted by Gasteiger charge is 2.37. The van der Waals surface area contributed by atoms with Gasteiger partial charge in [0.25, 0.3) is 5.91 Å². The lowest BCUT2D eigenvalue weighted by molar-refractivity contribution is 0.0729. The Bertz CT molecular complexity index is 944. The van der Waals surface area contributed by atoms with Gasteiger partial charge in [-0.05, 0) is 47.8 Å². The summed E-state index contributed by atoms with van der Waals surface area (Å²) in [5.41, 5.74) is 2.80. The number of aromatic nitrogens is 1. The summed E-state index contributed by atoms with van der Waals surface area (Å²) < 4.78 is 0. The SMILES string of the molecule is N#Cc1ccc(N[C@H]2c3ncccc3C(=O)N2Cc2cccs2)cc1. The van der Waals surface area contributed by atoms with E-state index >= 15 is 0 Å². The first-order valence-electron chi connectivity index (χ1n) is 7.81. The molecule has 0 unspecified atom stereocenters. The predicted molar refractivity (Wildman–Crippen MR) is 96.0 cm³/mol. The van der Waals surface area contributed by atoms with Gasteiger partial charge in [0.05, 0.1) is 29.4 Å². The van der Waals surface area contributed by atoms with Crippen LogP contribution in [0.5, 0.6) is 0 Å². The minimum absolute atomic E-state index is 0.0253. The molecule has 1 N–H and O–H groups in total. The molecule has 3 aromatic rings. The summed E-state index contributed by atoms with van der Waals surface area (Å²) in [6, 6.07) is 16.9. The van der Waals surface area contributed by atoms with E-state index in [0.29, 0.717) is 17.7 Å². The fourth-order valence-electron chi connectivity index (χ4n) is 2.91. The molecule has 1 aromatic carbocycles. The van der Waals surface area contributed by atoms with Crippen LogP contribution in [0.25, 0.3) is 0 Å². The van der Waals surface area contributed by atoms with Crippen LogP contribution >= 0.6 is 11.3 Å². The van der Waals surface area contributed by atoms with Crippen LogP contribution in [0.15, 0.2) is 60.1 Å². The zero-order chi connectivity index (χ0) is 17.2.